The van der Waals surface area contributed by atoms with Gasteiger partial charge in [0.1, 0.15) is 5.75 Å². The van der Waals surface area contributed by atoms with Gasteiger partial charge in [-0.25, -0.2) is 0 Å². The van der Waals surface area contributed by atoms with Crippen LogP contribution in [0.15, 0.2) is 77.3 Å². The van der Waals surface area contributed by atoms with Crippen LogP contribution in [0.3, 0.4) is 0 Å². The number of nitrogens with zero attached hydrogens (tertiary/aromatic N) is 1. The van der Waals surface area contributed by atoms with Gasteiger partial charge in [-0.2, -0.15) is 0 Å². The maximum absolute atomic E-state index is 13.1. The first-order valence-corrected chi connectivity index (χ1v) is 11.6. The molecule has 8 heteroatoms. The van der Waals surface area contributed by atoms with Crippen molar-refractivity contribution in [3.05, 3.63) is 88.4 Å². The maximum atomic E-state index is 13.1. The molecule has 0 aliphatic rings. The lowest BCUT2D eigenvalue weighted by Gasteiger charge is -2.21. The first-order chi connectivity index (χ1) is 15.9. The minimum atomic E-state index is -0.397. The van der Waals surface area contributed by atoms with Crippen LogP contribution in [-0.4, -0.2) is 30.1 Å². The van der Waals surface area contributed by atoms with Gasteiger partial charge in [0, 0.05) is 28.0 Å². The summed E-state index contributed by atoms with van der Waals surface area (Å²) in [7, 11) is 0. The molecule has 0 aliphatic heterocycles. The second-order valence-electron chi connectivity index (χ2n) is 6.95. The molecular formula is C25H24BrN3O3S. The molecule has 3 aromatic carbocycles. The zero-order chi connectivity index (χ0) is 23.8. The summed E-state index contributed by atoms with van der Waals surface area (Å²) in [6.07, 6.45) is 0. The van der Waals surface area contributed by atoms with Crippen LogP contribution in [0.1, 0.15) is 34.6 Å². The minimum absolute atomic E-state index is 0.113. The van der Waals surface area contributed by atoms with Crippen LogP contribution in [0.25, 0.3) is 0 Å². The number of para-hydroxylation sites is 1. The quantitative estimate of drug-likeness (QED) is 0.390. The van der Waals surface area contributed by atoms with Crippen LogP contribution in [0, 0.1) is 0 Å². The SMILES string of the molecule is CCOc1ccc(Br)cc1C(=O)NC(=S)Nc1cccc(C(=O)N(CC)c2ccccc2)c1. The molecule has 170 valence electrons. The molecule has 0 heterocycles. The highest BCUT2D eigenvalue weighted by Gasteiger charge is 2.17. The molecule has 0 atom stereocenters. The van der Waals surface area contributed by atoms with Crippen LogP contribution < -0.4 is 20.3 Å². The highest BCUT2D eigenvalue weighted by atomic mass is 79.9. The average Bonchev–Trinajstić information content (AvgIpc) is 2.81. The summed E-state index contributed by atoms with van der Waals surface area (Å²) in [5.41, 5.74) is 2.28. The maximum Gasteiger partial charge on any atom is 0.261 e. The van der Waals surface area contributed by atoms with Gasteiger partial charge >= 0.3 is 0 Å². The van der Waals surface area contributed by atoms with Crippen molar-refractivity contribution in [3.8, 4) is 5.75 Å². The van der Waals surface area contributed by atoms with Gasteiger partial charge < -0.3 is 15.0 Å². The number of benzene rings is 3. The van der Waals surface area contributed by atoms with E-state index in [-0.39, 0.29) is 11.0 Å². The van der Waals surface area contributed by atoms with Gasteiger partial charge in [0.15, 0.2) is 5.11 Å². The molecule has 0 aliphatic carbocycles. The van der Waals surface area contributed by atoms with Crippen LogP contribution in [0.2, 0.25) is 0 Å². The van der Waals surface area contributed by atoms with Gasteiger partial charge in [-0.3, -0.25) is 14.9 Å². The Morgan fingerprint density at radius 3 is 2.45 bits per heavy atom. The van der Waals surface area contributed by atoms with E-state index in [1.165, 1.54) is 0 Å². The van der Waals surface area contributed by atoms with Gasteiger partial charge in [0.25, 0.3) is 11.8 Å². The number of hydrogen-bond acceptors (Lipinski definition) is 4. The molecule has 6 nitrogen and oxygen atoms in total. The second kappa shape index (κ2) is 11.6. The lowest BCUT2D eigenvalue weighted by atomic mass is 10.1. The van der Waals surface area contributed by atoms with Gasteiger partial charge in [0.2, 0.25) is 0 Å². The van der Waals surface area contributed by atoms with Crippen molar-refractivity contribution in [1.82, 2.24) is 5.32 Å². The number of nitrogens with one attached hydrogen (secondary N) is 2. The first-order valence-electron chi connectivity index (χ1n) is 10.4. The molecule has 3 rings (SSSR count). The van der Waals surface area contributed by atoms with E-state index in [2.05, 4.69) is 26.6 Å². The second-order valence-corrected chi connectivity index (χ2v) is 8.27. The summed E-state index contributed by atoms with van der Waals surface area (Å²) >= 11 is 8.69. The fourth-order valence-electron chi connectivity index (χ4n) is 3.23. The first kappa shape index (κ1) is 24.4. The molecule has 0 fully saturated rings. The Morgan fingerprint density at radius 1 is 1.00 bits per heavy atom. The number of halogens is 1. The Kier molecular flexibility index (Phi) is 8.57. The highest BCUT2D eigenvalue weighted by molar-refractivity contribution is 9.10. The molecule has 0 unspecified atom stereocenters. The van der Waals surface area contributed by atoms with Gasteiger partial charge in [-0.05, 0) is 74.6 Å². The normalized spacial score (nSPS) is 10.3. The molecule has 33 heavy (non-hydrogen) atoms. The van der Waals surface area contributed by atoms with Crippen molar-refractivity contribution in [3.63, 3.8) is 0 Å². The number of amides is 2. The summed E-state index contributed by atoms with van der Waals surface area (Å²) in [4.78, 5) is 27.5. The van der Waals surface area contributed by atoms with Crippen LogP contribution in [-0.2, 0) is 0 Å². The Morgan fingerprint density at radius 2 is 1.76 bits per heavy atom. The summed E-state index contributed by atoms with van der Waals surface area (Å²) in [5.74, 6) is -0.0577. The predicted octanol–water partition coefficient (Wildman–Crippen LogP) is 5.64. The highest BCUT2D eigenvalue weighted by Crippen LogP contribution is 2.23. The standard InChI is InChI=1S/C25H24BrN3O3S/c1-3-29(20-11-6-5-7-12-20)24(31)17-9-8-10-19(15-17)27-25(33)28-23(30)21-16-18(26)13-14-22(21)32-4-2/h5-16H,3-4H2,1-2H3,(H2,27,28,30,33). The van der Waals surface area contributed by atoms with Crippen molar-refractivity contribution < 1.29 is 14.3 Å². The Labute approximate surface area is 207 Å². The number of hydrogen-bond donors (Lipinski definition) is 2. The van der Waals surface area contributed by atoms with Crippen LogP contribution in [0.5, 0.6) is 5.75 Å². The van der Waals surface area contributed by atoms with E-state index in [0.717, 1.165) is 10.2 Å². The van der Waals surface area contributed by atoms with E-state index in [1.54, 1.807) is 47.4 Å². The third-order valence-electron chi connectivity index (χ3n) is 4.71. The summed E-state index contributed by atoms with van der Waals surface area (Å²) < 4.78 is 6.29. The van der Waals surface area contributed by atoms with Crippen molar-refractivity contribution >= 4 is 56.4 Å². The van der Waals surface area contributed by atoms with E-state index < -0.39 is 5.91 Å². The van der Waals surface area contributed by atoms with Crippen LogP contribution >= 0.6 is 28.1 Å². The van der Waals surface area contributed by atoms with Gasteiger partial charge in [-0.15, -0.1) is 0 Å². The van der Waals surface area contributed by atoms with Crippen LogP contribution in [0.4, 0.5) is 11.4 Å². The monoisotopic (exact) mass is 525 g/mol. The van der Waals surface area contributed by atoms with Crippen molar-refractivity contribution in [1.29, 1.82) is 0 Å². The van der Waals surface area contributed by atoms with E-state index in [4.69, 9.17) is 17.0 Å². The third kappa shape index (κ3) is 6.40. The molecule has 0 saturated heterocycles. The minimum Gasteiger partial charge on any atom is -0.493 e. The van der Waals surface area contributed by atoms with Crippen molar-refractivity contribution in [2.45, 2.75) is 13.8 Å². The zero-order valence-corrected chi connectivity index (χ0v) is 20.7. The number of thiocarbonyl (C=S) groups is 1. The molecule has 2 N–H and O–H groups in total. The molecule has 0 bridgehead atoms. The molecule has 3 aromatic rings. The molecule has 0 aromatic heterocycles. The van der Waals surface area contributed by atoms with E-state index in [0.29, 0.717) is 35.7 Å². The third-order valence-corrected chi connectivity index (χ3v) is 5.41. The molecule has 0 radical (unpaired) electrons. The fourth-order valence-corrected chi connectivity index (χ4v) is 3.80. The Hall–Kier alpha value is -3.23. The number of carbonyl (C=O) groups is 2. The van der Waals surface area contributed by atoms with E-state index in [1.807, 2.05) is 44.2 Å². The lowest BCUT2D eigenvalue weighted by Crippen LogP contribution is -2.34. The summed E-state index contributed by atoms with van der Waals surface area (Å²) in [6.45, 7) is 4.74. The molecule has 2 amide bonds. The Balaban J connectivity index is 1.71. The molecular weight excluding hydrogens is 502 g/mol. The summed E-state index contributed by atoms with van der Waals surface area (Å²) in [6, 6.07) is 21.7. The summed E-state index contributed by atoms with van der Waals surface area (Å²) in [5, 5.41) is 5.75. The van der Waals surface area contributed by atoms with Gasteiger partial charge in [-0.1, -0.05) is 40.2 Å². The number of ether oxygens (including phenoxy) is 1. The van der Waals surface area contributed by atoms with Crippen molar-refractivity contribution in [2.75, 3.05) is 23.4 Å². The smallest absolute Gasteiger partial charge is 0.261 e. The molecule has 0 saturated carbocycles. The number of anilines is 2. The fraction of sp³-hybridized carbons (Fsp3) is 0.160. The zero-order valence-electron chi connectivity index (χ0n) is 18.3. The lowest BCUT2D eigenvalue weighted by molar-refractivity contribution is 0.0970. The topological polar surface area (TPSA) is 70.7 Å². The number of rotatable bonds is 7. The number of carbonyl (C=O) groups excluding carboxylic acids is 2. The Bertz CT molecular complexity index is 1150. The largest absolute Gasteiger partial charge is 0.493 e. The van der Waals surface area contributed by atoms with E-state index in [9.17, 15) is 9.59 Å². The average molecular weight is 526 g/mol. The van der Waals surface area contributed by atoms with E-state index >= 15 is 0 Å². The van der Waals surface area contributed by atoms with Crippen molar-refractivity contribution in [2.24, 2.45) is 0 Å². The molecule has 0 spiro atoms. The van der Waals surface area contributed by atoms with Gasteiger partial charge in [0.05, 0.1) is 12.2 Å². The predicted molar refractivity (Wildman–Crippen MR) is 139 cm³/mol.